The molecule has 1 aromatic heterocycles. The van der Waals surface area contributed by atoms with Crippen LogP contribution in [0, 0.1) is 0 Å². The van der Waals surface area contributed by atoms with Crippen LogP contribution in [0.15, 0.2) is 267 Å². The lowest BCUT2D eigenvalue weighted by Crippen LogP contribution is -2.29. The zero-order chi connectivity index (χ0) is 51.1. The molecule has 2 nitrogen and oxygen atoms in total. The molecular formula is C65H44N2S. The van der Waals surface area contributed by atoms with E-state index in [-0.39, 0.29) is 28.4 Å². The summed E-state index contributed by atoms with van der Waals surface area (Å²) < 4.78 is 68.4. The number of fused-ring (bicyclic) bond motifs is 7. The van der Waals surface area contributed by atoms with Gasteiger partial charge in [0.15, 0.2) is 0 Å². The molecule has 1 atom stereocenters. The van der Waals surface area contributed by atoms with Crippen molar-refractivity contribution in [2.75, 3.05) is 9.80 Å². The third-order valence-electron chi connectivity index (χ3n) is 13.4. The fraction of sp³-hybridized carbons (Fsp3) is 0.0154. The van der Waals surface area contributed by atoms with Crippen molar-refractivity contribution in [3.8, 4) is 22.3 Å². The minimum Gasteiger partial charge on any atom is -0.310 e. The van der Waals surface area contributed by atoms with Gasteiger partial charge in [0.2, 0.25) is 0 Å². The summed E-state index contributed by atoms with van der Waals surface area (Å²) in [6.07, 6.45) is 0. The van der Waals surface area contributed by atoms with E-state index in [2.05, 4.69) is 143 Å². The van der Waals surface area contributed by atoms with Crippen LogP contribution in [0.4, 0.5) is 34.1 Å². The summed E-state index contributed by atoms with van der Waals surface area (Å²) in [6, 6.07) is 74.1. The number of rotatable bonds is 9. The molecule has 1 heterocycles. The molecule has 0 amide bonds. The first-order chi connectivity index (χ1) is 36.7. The number of benzene rings is 11. The Hall–Kier alpha value is -8.50. The normalized spacial score (nSPS) is 15.4. The van der Waals surface area contributed by atoms with Crippen LogP contribution < -0.4 is 9.80 Å². The molecule has 0 spiro atoms. The molecule has 0 radical (unpaired) electrons. The van der Waals surface area contributed by atoms with Crippen molar-refractivity contribution in [2.24, 2.45) is 0 Å². The third-order valence-corrected chi connectivity index (χ3v) is 14.6. The largest absolute Gasteiger partial charge is 0.310 e. The van der Waals surface area contributed by atoms with Gasteiger partial charge < -0.3 is 9.80 Å². The maximum atomic E-state index is 10.2. The summed E-state index contributed by atoms with van der Waals surface area (Å²) in [5.74, 6) is 0. The quantitative estimate of drug-likeness (QED) is 0.142. The molecule has 68 heavy (non-hydrogen) atoms. The maximum Gasteiger partial charge on any atom is 0.0733 e. The molecular weight excluding hydrogens is 841 g/mol. The highest BCUT2D eigenvalue weighted by Crippen LogP contribution is 2.61. The molecule has 0 saturated heterocycles. The fourth-order valence-electron chi connectivity index (χ4n) is 10.6. The van der Waals surface area contributed by atoms with Gasteiger partial charge in [-0.15, -0.1) is 11.3 Å². The van der Waals surface area contributed by atoms with Gasteiger partial charge in [-0.2, -0.15) is 0 Å². The van der Waals surface area contributed by atoms with Crippen molar-refractivity contribution in [3.63, 3.8) is 0 Å². The van der Waals surface area contributed by atoms with E-state index in [4.69, 9.17) is 1.37 Å². The summed E-state index contributed by atoms with van der Waals surface area (Å²) in [7, 11) is 0. The Labute approximate surface area is 410 Å². The van der Waals surface area contributed by atoms with Crippen molar-refractivity contribution in [1.82, 2.24) is 0 Å². The molecule has 0 bridgehead atoms. The first-order valence-corrected chi connectivity index (χ1v) is 23.6. The van der Waals surface area contributed by atoms with Crippen molar-refractivity contribution < 1.29 is 9.60 Å². The molecule has 12 aromatic rings. The van der Waals surface area contributed by atoms with Crippen molar-refractivity contribution in [3.05, 3.63) is 289 Å². The smallest absolute Gasteiger partial charge is 0.0733 e. The van der Waals surface area contributed by atoms with E-state index in [9.17, 15) is 8.22 Å². The third kappa shape index (κ3) is 6.31. The van der Waals surface area contributed by atoms with E-state index >= 15 is 0 Å². The lowest BCUT2D eigenvalue weighted by Gasteiger charge is -2.36. The van der Waals surface area contributed by atoms with Crippen LogP contribution in [0.2, 0.25) is 0 Å². The van der Waals surface area contributed by atoms with Crippen LogP contribution in [0.1, 0.15) is 31.8 Å². The number of nitrogens with zero attached hydrogens (tertiary/aromatic N) is 2. The highest BCUT2D eigenvalue weighted by molar-refractivity contribution is 7.26. The van der Waals surface area contributed by atoms with Gasteiger partial charge in [0.25, 0.3) is 0 Å². The number of hydrogen-bond acceptors (Lipinski definition) is 3. The topological polar surface area (TPSA) is 6.48 Å². The lowest BCUT2D eigenvalue weighted by molar-refractivity contribution is 0.786. The van der Waals surface area contributed by atoms with Gasteiger partial charge in [0.05, 0.1) is 20.7 Å². The predicted octanol–water partition coefficient (Wildman–Crippen LogP) is 18.2. The first-order valence-electron chi connectivity index (χ1n) is 26.3. The van der Waals surface area contributed by atoms with Crippen LogP contribution in [0.3, 0.4) is 0 Å². The average Bonchev–Trinajstić information content (AvgIpc) is 4.22. The van der Waals surface area contributed by atoms with E-state index in [0.717, 1.165) is 93.2 Å². The summed E-state index contributed by atoms with van der Waals surface area (Å²) in [5, 5.41) is 2.03. The van der Waals surface area contributed by atoms with E-state index in [0.29, 0.717) is 0 Å². The van der Waals surface area contributed by atoms with Gasteiger partial charge in [-0.05, 0) is 123 Å². The number of para-hydroxylation sites is 4. The van der Waals surface area contributed by atoms with Crippen LogP contribution in [0.5, 0.6) is 0 Å². The maximum absolute atomic E-state index is 10.2. The average molecular weight is 892 g/mol. The molecule has 0 aliphatic heterocycles. The van der Waals surface area contributed by atoms with Gasteiger partial charge in [0, 0.05) is 54.2 Å². The second-order valence-electron chi connectivity index (χ2n) is 17.1. The molecule has 1 unspecified atom stereocenters. The van der Waals surface area contributed by atoms with Crippen molar-refractivity contribution in [1.29, 1.82) is 0 Å². The first kappa shape index (κ1) is 33.0. The zero-order valence-electron chi connectivity index (χ0n) is 43.7. The Bertz CT molecular complexity index is 4180. The second-order valence-corrected chi connectivity index (χ2v) is 18.1. The summed E-state index contributed by atoms with van der Waals surface area (Å²) in [6.45, 7) is 0. The summed E-state index contributed by atoms with van der Waals surface area (Å²) >= 11 is 1.64. The summed E-state index contributed by atoms with van der Waals surface area (Å²) in [4.78, 5) is 4.50. The molecule has 0 N–H and O–H groups in total. The Balaban J connectivity index is 1.21. The molecule has 1 aliphatic rings. The highest BCUT2D eigenvalue weighted by atomic mass is 32.1. The van der Waals surface area contributed by atoms with Crippen LogP contribution in [-0.4, -0.2) is 0 Å². The standard InChI is InChI=1S/C65H44N2S/c1-5-21-46(22-6-1)53-32-15-17-37-62(53)67(49-29-11-4-12-30-49)51-40-42-60-57(44-51)56-43-50(66(47-25-7-2-8-26-47)48-27-9-3-10-28-48)39-41-59(56)65(60,58-35-19-24-45-23-13-14-31-52(45)58)61-36-20-34-55-54-33-16-18-38-63(54)68-64(55)61/h1-44H/i13D,14D,19D,23D,24D,31D,35D. The number of anilines is 6. The van der Waals surface area contributed by atoms with Crippen LogP contribution >= 0.6 is 11.3 Å². The molecule has 1 aliphatic carbocycles. The Morgan fingerprint density at radius 2 is 0.897 bits per heavy atom. The number of thiophene rings is 1. The van der Waals surface area contributed by atoms with E-state index < -0.39 is 35.6 Å². The Morgan fingerprint density at radius 3 is 1.59 bits per heavy atom. The molecule has 13 rings (SSSR count). The second kappa shape index (κ2) is 16.4. The Morgan fingerprint density at radius 1 is 0.353 bits per heavy atom. The molecule has 11 aromatic carbocycles. The molecule has 320 valence electrons. The molecule has 3 heteroatoms. The Kier molecular flexibility index (Phi) is 7.98. The van der Waals surface area contributed by atoms with Crippen molar-refractivity contribution in [2.45, 2.75) is 5.41 Å². The van der Waals surface area contributed by atoms with Crippen LogP contribution in [0.25, 0.3) is 53.2 Å². The van der Waals surface area contributed by atoms with Gasteiger partial charge in [-0.25, -0.2) is 0 Å². The van der Waals surface area contributed by atoms with Gasteiger partial charge in [-0.3, -0.25) is 0 Å². The zero-order valence-corrected chi connectivity index (χ0v) is 37.5. The number of hydrogen-bond donors (Lipinski definition) is 0. The SMILES string of the molecule is [2H]c1c([2H])c([2H])c2c(C3(c4cccc5c4sc4ccccc45)c4ccc(N(c5ccccc5)c5ccccc5)cc4-c4cc(N(c5ccccc5)c5ccccc5-c5ccccc5)ccc43)c([2H])c([2H])c([2H])c2c1[2H]. The van der Waals surface area contributed by atoms with Crippen LogP contribution in [-0.2, 0) is 5.41 Å². The summed E-state index contributed by atoms with van der Waals surface area (Å²) in [5.41, 5.74) is 10.4. The van der Waals surface area contributed by atoms with E-state index in [1.165, 1.54) is 0 Å². The van der Waals surface area contributed by atoms with E-state index in [1.54, 1.807) is 11.3 Å². The fourth-order valence-corrected chi connectivity index (χ4v) is 11.8. The predicted molar refractivity (Wildman–Crippen MR) is 289 cm³/mol. The van der Waals surface area contributed by atoms with E-state index in [1.807, 2.05) is 91.0 Å². The minimum atomic E-state index is -1.48. The van der Waals surface area contributed by atoms with Gasteiger partial charge in [0.1, 0.15) is 0 Å². The molecule has 0 fully saturated rings. The molecule has 0 saturated carbocycles. The van der Waals surface area contributed by atoms with Crippen molar-refractivity contribution >= 4 is 76.4 Å². The minimum absolute atomic E-state index is 0.0509. The highest BCUT2D eigenvalue weighted by Gasteiger charge is 2.48. The van der Waals surface area contributed by atoms with Gasteiger partial charge in [-0.1, -0.05) is 194 Å². The van der Waals surface area contributed by atoms with Gasteiger partial charge >= 0.3 is 0 Å². The monoisotopic (exact) mass is 891 g/mol. The lowest BCUT2D eigenvalue weighted by atomic mass is 9.66.